The van der Waals surface area contributed by atoms with Gasteiger partial charge in [-0.3, -0.25) is 0 Å². The Labute approximate surface area is 97.9 Å². The van der Waals surface area contributed by atoms with Gasteiger partial charge in [0.05, 0.1) is 6.61 Å². The highest BCUT2D eigenvalue weighted by Crippen LogP contribution is 2.13. The van der Waals surface area contributed by atoms with E-state index in [0.29, 0.717) is 0 Å². The lowest BCUT2D eigenvalue weighted by atomic mass is 10.0. The van der Waals surface area contributed by atoms with E-state index in [4.69, 9.17) is 10.8 Å². The summed E-state index contributed by atoms with van der Waals surface area (Å²) in [5.74, 6) is 0. The van der Waals surface area contributed by atoms with Crippen molar-refractivity contribution in [2.75, 3.05) is 20.2 Å². The summed E-state index contributed by atoms with van der Waals surface area (Å²) in [5.41, 5.74) is 7.27. The normalized spacial score (nSPS) is 15.1. The highest BCUT2D eigenvalue weighted by Gasteiger charge is 2.10. The van der Waals surface area contributed by atoms with E-state index < -0.39 is 0 Å². The van der Waals surface area contributed by atoms with E-state index in [1.54, 1.807) is 0 Å². The van der Waals surface area contributed by atoms with E-state index >= 15 is 0 Å². The molecule has 0 aliphatic rings. The molecule has 0 saturated carbocycles. The van der Waals surface area contributed by atoms with E-state index in [1.165, 1.54) is 5.56 Å². The molecule has 16 heavy (non-hydrogen) atoms. The van der Waals surface area contributed by atoms with E-state index in [2.05, 4.69) is 17.0 Å². The van der Waals surface area contributed by atoms with E-state index in [0.717, 1.165) is 13.0 Å². The van der Waals surface area contributed by atoms with Gasteiger partial charge in [-0.1, -0.05) is 30.3 Å². The maximum atomic E-state index is 9.01. The fourth-order valence-corrected chi connectivity index (χ4v) is 1.57. The van der Waals surface area contributed by atoms with Crippen molar-refractivity contribution in [2.45, 2.75) is 25.4 Å². The number of nitrogens with zero attached hydrogens (tertiary/aromatic N) is 1. The van der Waals surface area contributed by atoms with Crippen LogP contribution in [0.5, 0.6) is 0 Å². The number of hydrogen-bond donors (Lipinski definition) is 2. The van der Waals surface area contributed by atoms with Crippen LogP contribution in [-0.4, -0.2) is 36.2 Å². The van der Waals surface area contributed by atoms with Crippen LogP contribution in [-0.2, 0) is 0 Å². The molecule has 2 unspecified atom stereocenters. The maximum absolute atomic E-state index is 9.01. The second kappa shape index (κ2) is 6.63. The van der Waals surface area contributed by atoms with E-state index in [9.17, 15) is 0 Å². The molecule has 0 bridgehead atoms. The van der Waals surface area contributed by atoms with Crippen LogP contribution < -0.4 is 5.73 Å². The Bertz CT molecular complexity index is 289. The first-order chi connectivity index (χ1) is 7.65. The van der Waals surface area contributed by atoms with Crippen molar-refractivity contribution >= 4 is 0 Å². The molecule has 1 aromatic carbocycles. The number of nitrogens with two attached hydrogens (primary N) is 1. The van der Waals surface area contributed by atoms with Crippen molar-refractivity contribution in [3.8, 4) is 0 Å². The van der Waals surface area contributed by atoms with E-state index in [-0.39, 0.29) is 18.7 Å². The summed E-state index contributed by atoms with van der Waals surface area (Å²) in [6.45, 7) is 3.10. The quantitative estimate of drug-likeness (QED) is 0.764. The first-order valence-corrected chi connectivity index (χ1v) is 5.76. The molecule has 0 amide bonds. The van der Waals surface area contributed by atoms with Gasteiger partial charge in [0.15, 0.2) is 0 Å². The zero-order valence-electron chi connectivity index (χ0n) is 10.1. The van der Waals surface area contributed by atoms with Gasteiger partial charge in [-0.2, -0.15) is 0 Å². The molecule has 1 aromatic rings. The summed E-state index contributed by atoms with van der Waals surface area (Å²) >= 11 is 0. The number of rotatable bonds is 6. The minimum absolute atomic E-state index is 0.0783. The maximum Gasteiger partial charge on any atom is 0.0584 e. The van der Waals surface area contributed by atoms with Crippen LogP contribution in [0, 0.1) is 0 Å². The third kappa shape index (κ3) is 3.93. The second-order valence-corrected chi connectivity index (χ2v) is 4.32. The molecule has 0 heterocycles. The highest BCUT2D eigenvalue weighted by molar-refractivity contribution is 5.18. The Morgan fingerprint density at radius 1 is 1.31 bits per heavy atom. The summed E-state index contributed by atoms with van der Waals surface area (Å²) in [6, 6.07) is 10.4. The molecule has 90 valence electrons. The van der Waals surface area contributed by atoms with Gasteiger partial charge in [0.25, 0.3) is 0 Å². The molecule has 0 fully saturated rings. The van der Waals surface area contributed by atoms with Crippen LogP contribution in [0.25, 0.3) is 0 Å². The molecule has 3 N–H and O–H groups in total. The van der Waals surface area contributed by atoms with Crippen molar-refractivity contribution in [2.24, 2.45) is 5.73 Å². The molecule has 2 atom stereocenters. The molecule has 0 saturated heterocycles. The molecular formula is C13H22N2O. The Morgan fingerprint density at radius 3 is 2.50 bits per heavy atom. The molecule has 3 heteroatoms. The van der Waals surface area contributed by atoms with Gasteiger partial charge < -0.3 is 15.7 Å². The molecule has 0 aliphatic heterocycles. The Morgan fingerprint density at radius 2 is 1.94 bits per heavy atom. The topological polar surface area (TPSA) is 49.5 Å². The molecule has 0 aliphatic carbocycles. The van der Waals surface area contributed by atoms with Crippen LogP contribution in [0.15, 0.2) is 30.3 Å². The fourth-order valence-electron chi connectivity index (χ4n) is 1.57. The summed E-state index contributed by atoms with van der Waals surface area (Å²) in [4.78, 5) is 2.13. The first-order valence-electron chi connectivity index (χ1n) is 5.76. The molecule has 1 rings (SSSR count). The lowest BCUT2D eigenvalue weighted by Crippen LogP contribution is -2.34. The zero-order chi connectivity index (χ0) is 12.0. The number of hydrogen-bond acceptors (Lipinski definition) is 3. The summed E-state index contributed by atoms with van der Waals surface area (Å²) < 4.78 is 0. The van der Waals surface area contributed by atoms with Crippen molar-refractivity contribution < 1.29 is 5.11 Å². The zero-order valence-corrected chi connectivity index (χ0v) is 10.1. The minimum Gasteiger partial charge on any atom is -0.395 e. The van der Waals surface area contributed by atoms with Crippen LogP contribution in [0.4, 0.5) is 0 Å². The summed E-state index contributed by atoms with van der Waals surface area (Å²) in [7, 11) is 2.01. The van der Waals surface area contributed by atoms with Gasteiger partial charge in [0, 0.05) is 18.6 Å². The predicted molar refractivity (Wildman–Crippen MR) is 67.2 cm³/mol. The molecular weight excluding hydrogens is 200 g/mol. The lowest BCUT2D eigenvalue weighted by molar-refractivity contribution is 0.156. The van der Waals surface area contributed by atoms with Gasteiger partial charge in [0.1, 0.15) is 0 Å². The molecule has 0 spiro atoms. The third-order valence-corrected chi connectivity index (χ3v) is 3.04. The number of aliphatic hydroxyl groups excluding tert-OH is 1. The van der Waals surface area contributed by atoms with Gasteiger partial charge in [-0.05, 0) is 26.0 Å². The standard InChI is InChI=1S/C13H22N2O/c1-11(10-16)15(2)9-8-13(14)12-6-4-3-5-7-12/h3-7,11,13,16H,8-10,14H2,1-2H3. The Kier molecular flexibility index (Phi) is 5.46. The van der Waals surface area contributed by atoms with Gasteiger partial charge in [-0.15, -0.1) is 0 Å². The predicted octanol–water partition coefficient (Wildman–Crippen LogP) is 1.39. The lowest BCUT2D eigenvalue weighted by Gasteiger charge is -2.24. The largest absolute Gasteiger partial charge is 0.395 e. The fraction of sp³-hybridized carbons (Fsp3) is 0.538. The average molecular weight is 222 g/mol. The minimum atomic E-state index is 0.0783. The summed E-state index contributed by atoms with van der Waals surface area (Å²) in [5, 5.41) is 9.01. The van der Waals surface area contributed by atoms with Crippen LogP contribution in [0.2, 0.25) is 0 Å². The van der Waals surface area contributed by atoms with Gasteiger partial charge in [0.2, 0.25) is 0 Å². The monoisotopic (exact) mass is 222 g/mol. The first kappa shape index (κ1) is 13.2. The number of likely N-dealkylation sites (N-methyl/N-ethyl adjacent to an activating group) is 1. The van der Waals surface area contributed by atoms with E-state index in [1.807, 2.05) is 32.2 Å². The van der Waals surface area contributed by atoms with Gasteiger partial charge >= 0.3 is 0 Å². The van der Waals surface area contributed by atoms with Crippen molar-refractivity contribution in [1.29, 1.82) is 0 Å². The van der Waals surface area contributed by atoms with Crippen molar-refractivity contribution in [1.82, 2.24) is 4.90 Å². The Balaban J connectivity index is 2.38. The third-order valence-electron chi connectivity index (χ3n) is 3.04. The Hall–Kier alpha value is -0.900. The molecule has 0 radical (unpaired) electrons. The average Bonchev–Trinajstić information content (AvgIpc) is 2.35. The number of aliphatic hydroxyl groups is 1. The molecule has 0 aromatic heterocycles. The van der Waals surface area contributed by atoms with Crippen LogP contribution >= 0.6 is 0 Å². The smallest absolute Gasteiger partial charge is 0.0584 e. The highest BCUT2D eigenvalue weighted by atomic mass is 16.3. The SMILES string of the molecule is CC(CO)N(C)CCC(N)c1ccccc1. The summed E-state index contributed by atoms with van der Waals surface area (Å²) in [6.07, 6.45) is 0.908. The van der Waals surface area contributed by atoms with Crippen molar-refractivity contribution in [3.05, 3.63) is 35.9 Å². The number of benzene rings is 1. The van der Waals surface area contributed by atoms with Crippen LogP contribution in [0.3, 0.4) is 0 Å². The second-order valence-electron chi connectivity index (χ2n) is 4.32. The van der Waals surface area contributed by atoms with Gasteiger partial charge in [-0.25, -0.2) is 0 Å². The molecule has 3 nitrogen and oxygen atoms in total. The van der Waals surface area contributed by atoms with Crippen LogP contribution in [0.1, 0.15) is 24.9 Å². The van der Waals surface area contributed by atoms with Crippen molar-refractivity contribution in [3.63, 3.8) is 0 Å².